The predicted octanol–water partition coefficient (Wildman–Crippen LogP) is 5.28. The fourth-order valence-electron chi connectivity index (χ4n) is 3.39. The molecular formula is C27H18N2O5. The van der Waals surface area contributed by atoms with Crippen molar-refractivity contribution in [2.24, 2.45) is 0 Å². The van der Waals surface area contributed by atoms with E-state index in [1.807, 2.05) is 48.5 Å². The lowest BCUT2D eigenvalue weighted by Crippen LogP contribution is -2.20. The third kappa shape index (κ3) is 5.21. The van der Waals surface area contributed by atoms with Gasteiger partial charge in [-0.15, -0.1) is 0 Å². The maximum atomic E-state index is 12.4. The number of hydrogen-bond acceptors (Lipinski definition) is 3. The number of carboxylic acid groups (broad SMARTS) is 2. The highest BCUT2D eigenvalue weighted by Crippen LogP contribution is 2.19. The first-order chi connectivity index (χ1) is 16.4. The summed E-state index contributed by atoms with van der Waals surface area (Å²) in [7, 11) is 0. The molecule has 4 aromatic carbocycles. The van der Waals surface area contributed by atoms with E-state index in [2.05, 4.69) is 22.5 Å². The molecule has 4 N–H and O–H groups in total. The molecule has 0 radical (unpaired) electrons. The molecule has 7 nitrogen and oxygen atoms in total. The molecule has 7 heteroatoms. The maximum Gasteiger partial charge on any atom is 0.335 e. The van der Waals surface area contributed by atoms with Crippen LogP contribution >= 0.6 is 0 Å². The molecule has 0 saturated heterocycles. The zero-order valence-electron chi connectivity index (χ0n) is 17.7. The molecule has 4 rings (SSSR count). The van der Waals surface area contributed by atoms with Gasteiger partial charge in [-0.25, -0.2) is 14.4 Å². The molecule has 0 aliphatic rings. The standard InChI is InChI=1S/C27H18N2O5/c30-25(31)20-14-21(26(32)33)16-23(15-20)29-27(34)28-22-9-3-5-17(13-22)11-12-19-8-4-7-18-6-1-2-10-24(18)19/h1-10,13-16H,(H,30,31)(H,32,33)(H2,28,29,34). The first kappa shape index (κ1) is 22.1. The number of rotatable bonds is 4. The molecule has 0 atom stereocenters. The molecule has 0 heterocycles. The second-order valence-corrected chi connectivity index (χ2v) is 7.35. The van der Waals surface area contributed by atoms with Crippen LogP contribution in [-0.4, -0.2) is 28.2 Å². The summed E-state index contributed by atoms with van der Waals surface area (Å²) in [5.41, 5.74) is 1.59. The second-order valence-electron chi connectivity index (χ2n) is 7.35. The molecule has 0 aliphatic heterocycles. The third-order valence-corrected chi connectivity index (χ3v) is 4.94. The van der Waals surface area contributed by atoms with Gasteiger partial charge in [0.15, 0.2) is 0 Å². The summed E-state index contributed by atoms with van der Waals surface area (Å²) in [6, 6.07) is 23.6. The Labute approximate surface area is 194 Å². The Bertz CT molecular complexity index is 1460. The zero-order chi connectivity index (χ0) is 24.1. The zero-order valence-corrected chi connectivity index (χ0v) is 17.7. The van der Waals surface area contributed by atoms with Crippen LogP contribution in [0.2, 0.25) is 0 Å². The number of carbonyl (C=O) groups is 3. The average Bonchev–Trinajstić information content (AvgIpc) is 2.82. The summed E-state index contributed by atoms with van der Waals surface area (Å²) in [5.74, 6) is 3.67. The lowest BCUT2D eigenvalue weighted by atomic mass is 10.0. The van der Waals surface area contributed by atoms with E-state index in [1.165, 1.54) is 12.1 Å². The van der Waals surface area contributed by atoms with Crippen molar-refractivity contribution in [3.8, 4) is 11.8 Å². The molecule has 0 aliphatic carbocycles. The minimum absolute atomic E-state index is 0.0432. The van der Waals surface area contributed by atoms with Crippen molar-refractivity contribution in [1.29, 1.82) is 0 Å². The molecular weight excluding hydrogens is 432 g/mol. The smallest absolute Gasteiger partial charge is 0.335 e. The van der Waals surface area contributed by atoms with Gasteiger partial charge in [0.1, 0.15) is 0 Å². The highest BCUT2D eigenvalue weighted by molar-refractivity contribution is 6.02. The summed E-state index contributed by atoms with van der Waals surface area (Å²) in [6.45, 7) is 0. The van der Waals surface area contributed by atoms with Gasteiger partial charge in [0.25, 0.3) is 0 Å². The van der Waals surface area contributed by atoms with E-state index in [9.17, 15) is 24.6 Å². The van der Waals surface area contributed by atoms with Gasteiger partial charge in [0.2, 0.25) is 0 Å². The van der Waals surface area contributed by atoms with E-state index in [-0.39, 0.29) is 16.8 Å². The molecule has 34 heavy (non-hydrogen) atoms. The van der Waals surface area contributed by atoms with Gasteiger partial charge in [0, 0.05) is 22.5 Å². The minimum Gasteiger partial charge on any atom is -0.478 e. The molecule has 0 fully saturated rings. The molecule has 166 valence electrons. The monoisotopic (exact) mass is 450 g/mol. The molecule has 0 aromatic heterocycles. The quantitative estimate of drug-likeness (QED) is 0.316. The summed E-state index contributed by atoms with van der Waals surface area (Å²) < 4.78 is 0. The molecule has 4 aromatic rings. The van der Waals surface area contributed by atoms with Crippen LogP contribution in [0.4, 0.5) is 16.2 Å². The Morgan fingerprint density at radius 1 is 0.647 bits per heavy atom. The van der Waals surface area contributed by atoms with Gasteiger partial charge >= 0.3 is 18.0 Å². The number of urea groups is 1. The minimum atomic E-state index is -1.30. The van der Waals surface area contributed by atoms with Crippen molar-refractivity contribution in [2.75, 3.05) is 10.6 Å². The van der Waals surface area contributed by atoms with Crippen molar-refractivity contribution in [1.82, 2.24) is 0 Å². The van der Waals surface area contributed by atoms with Crippen LogP contribution in [-0.2, 0) is 0 Å². The number of benzene rings is 4. The van der Waals surface area contributed by atoms with E-state index in [0.717, 1.165) is 22.4 Å². The Hall–Kier alpha value is -5.09. The summed E-state index contributed by atoms with van der Waals surface area (Å²) in [4.78, 5) is 34.9. The van der Waals surface area contributed by atoms with E-state index >= 15 is 0 Å². The van der Waals surface area contributed by atoms with Gasteiger partial charge in [-0.3, -0.25) is 0 Å². The van der Waals surface area contributed by atoms with Crippen LogP contribution in [0.25, 0.3) is 10.8 Å². The van der Waals surface area contributed by atoms with Crippen molar-refractivity contribution < 1.29 is 24.6 Å². The SMILES string of the molecule is O=C(Nc1cccc(C#Cc2cccc3ccccc23)c1)Nc1cc(C(=O)O)cc(C(=O)O)c1. The summed E-state index contributed by atoms with van der Waals surface area (Å²) in [6.07, 6.45) is 0. The van der Waals surface area contributed by atoms with Crippen LogP contribution in [0, 0.1) is 11.8 Å². The molecule has 0 unspecified atom stereocenters. The van der Waals surface area contributed by atoms with E-state index in [1.54, 1.807) is 18.2 Å². The number of anilines is 2. The number of carbonyl (C=O) groups excluding carboxylic acids is 1. The van der Waals surface area contributed by atoms with Crippen LogP contribution in [0.1, 0.15) is 31.8 Å². The van der Waals surface area contributed by atoms with Gasteiger partial charge in [0.05, 0.1) is 11.1 Å². The lowest BCUT2D eigenvalue weighted by Gasteiger charge is -2.09. The number of fused-ring (bicyclic) bond motifs is 1. The predicted molar refractivity (Wildman–Crippen MR) is 129 cm³/mol. The molecule has 0 saturated carbocycles. The molecule has 0 bridgehead atoms. The van der Waals surface area contributed by atoms with Crippen LogP contribution in [0.15, 0.2) is 84.9 Å². The summed E-state index contributed by atoms with van der Waals surface area (Å²) in [5, 5.41) is 25.6. The fourth-order valence-corrected chi connectivity index (χ4v) is 3.39. The van der Waals surface area contributed by atoms with Crippen LogP contribution < -0.4 is 10.6 Å². The normalized spacial score (nSPS) is 10.1. The maximum absolute atomic E-state index is 12.4. The second kappa shape index (κ2) is 9.59. The molecule has 2 amide bonds. The fraction of sp³-hybridized carbons (Fsp3) is 0. The number of carboxylic acids is 2. The van der Waals surface area contributed by atoms with Gasteiger partial charge in [-0.1, -0.05) is 54.3 Å². The van der Waals surface area contributed by atoms with Crippen molar-refractivity contribution in [2.45, 2.75) is 0 Å². The Kier molecular flexibility index (Phi) is 6.24. The summed E-state index contributed by atoms with van der Waals surface area (Å²) >= 11 is 0. The lowest BCUT2D eigenvalue weighted by molar-refractivity contribution is 0.0696. The van der Waals surface area contributed by atoms with Crippen molar-refractivity contribution >= 4 is 40.1 Å². The molecule has 0 spiro atoms. The van der Waals surface area contributed by atoms with E-state index in [0.29, 0.717) is 11.3 Å². The van der Waals surface area contributed by atoms with E-state index in [4.69, 9.17) is 0 Å². The first-order valence-electron chi connectivity index (χ1n) is 10.2. The average molecular weight is 450 g/mol. The van der Waals surface area contributed by atoms with Crippen LogP contribution in [0.5, 0.6) is 0 Å². The topological polar surface area (TPSA) is 116 Å². The first-order valence-corrected chi connectivity index (χ1v) is 10.2. The number of amides is 2. The highest BCUT2D eigenvalue weighted by Gasteiger charge is 2.13. The van der Waals surface area contributed by atoms with E-state index < -0.39 is 18.0 Å². The Morgan fingerprint density at radius 3 is 2.03 bits per heavy atom. The van der Waals surface area contributed by atoms with Crippen molar-refractivity contribution in [3.63, 3.8) is 0 Å². The number of aromatic carboxylic acids is 2. The Balaban J connectivity index is 1.51. The van der Waals surface area contributed by atoms with Gasteiger partial charge in [-0.2, -0.15) is 0 Å². The van der Waals surface area contributed by atoms with Gasteiger partial charge in [-0.05, 0) is 53.2 Å². The number of nitrogens with one attached hydrogen (secondary N) is 2. The largest absolute Gasteiger partial charge is 0.478 e. The third-order valence-electron chi connectivity index (χ3n) is 4.94. The van der Waals surface area contributed by atoms with Gasteiger partial charge < -0.3 is 20.8 Å². The Morgan fingerprint density at radius 2 is 1.29 bits per heavy atom. The van der Waals surface area contributed by atoms with Crippen molar-refractivity contribution in [3.05, 3.63) is 107 Å². The highest BCUT2D eigenvalue weighted by atomic mass is 16.4. The number of hydrogen-bond donors (Lipinski definition) is 4. The van der Waals surface area contributed by atoms with Crippen LogP contribution in [0.3, 0.4) is 0 Å².